The van der Waals surface area contributed by atoms with E-state index in [2.05, 4.69) is 24.5 Å². The van der Waals surface area contributed by atoms with Crippen LogP contribution in [0.2, 0.25) is 0 Å². The van der Waals surface area contributed by atoms with Crippen LogP contribution in [-0.2, 0) is 0 Å². The molecule has 72 valence electrons. The highest BCUT2D eigenvalue weighted by Crippen LogP contribution is 2.18. The smallest absolute Gasteiger partial charge is 0.00681 e. The van der Waals surface area contributed by atoms with Gasteiger partial charge in [0.2, 0.25) is 0 Å². The van der Waals surface area contributed by atoms with Crippen LogP contribution in [0, 0.1) is 0 Å². The summed E-state index contributed by atoms with van der Waals surface area (Å²) in [5.74, 6) is 0. The van der Waals surface area contributed by atoms with Crippen molar-refractivity contribution >= 4 is 0 Å². The SMILES string of the molecule is CCNC1CCC(NCC)CC1. The molecule has 1 aliphatic rings. The monoisotopic (exact) mass is 170 g/mol. The van der Waals surface area contributed by atoms with E-state index in [9.17, 15) is 0 Å². The van der Waals surface area contributed by atoms with E-state index in [1.165, 1.54) is 25.7 Å². The van der Waals surface area contributed by atoms with Crippen LogP contribution in [0.15, 0.2) is 0 Å². The van der Waals surface area contributed by atoms with Gasteiger partial charge in [-0.05, 0) is 38.8 Å². The van der Waals surface area contributed by atoms with Crippen molar-refractivity contribution in [1.29, 1.82) is 0 Å². The third-order valence-electron chi connectivity index (χ3n) is 2.71. The highest BCUT2D eigenvalue weighted by molar-refractivity contribution is 4.80. The molecular weight excluding hydrogens is 148 g/mol. The number of hydrogen-bond acceptors (Lipinski definition) is 2. The lowest BCUT2D eigenvalue weighted by atomic mass is 9.91. The summed E-state index contributed by atoms with van der Waals surface area (Å²) in [6.07, 6.45) is 5.41. The molecule has 12 heavy (non-hydrogen) atoms. The van der Waals surface area contributed by atoms with E-state index in [-0.39, 0.29) is 0 Å². The molecule has 0 aromatic rings. The van der Waals surface area contributed by atoms with Crippen molar-refractivity contribution in [3.8, 4) is 0 Å². The van der Waals surface area contributed by atoms with Crippen LogP contribution in [0.3, 0.4) is 0 Å². The molecule has 1 rings (SSSR count). The first kappa shape index (κ1) is 10.0. The van der Waals surface area contributed by atoms with Crippen LogP contribution in [-0.4, -0.2) is 25.2 Å². The minimum absolute atomic E-state index is 0.796. The number of rotatable bonds is 4. The molecule has 0 unspecified atom stereocenters. The van der Waals surface area contributed by atoms with Crippen molar-refractivity contribution in [2.24, 2.45) is 0 Å². The van der Waals surface area contributed by atoms with E-state index in [1.807, 2.05) is 0 Å². The van der Waals surface area contributed by atoms with E-state index in [1.54, 1.807) is 0 Å². The third-order valence-corrected chi connectivity index (χ3v) is 2.71. The number of hydrogen-bond donors (Lipinski definition) is 2. The van der Waals surface area contributed by atoms with Crippen LogP contribution >= 0.6 is 0 Å². The second-order valence-electron chi connectivity index (χ2n) is 3.66. The Labute approximate surface area is 76.1 Å². The molecule has 0 bridgehead atoms. The maximum absolute atomic E-state index is 3.52. The molecule has 2 N–H and O–H groups in total. The topological polar surface area (TPSA) is 24.1 Å². The van der Waals surface area contributed by atoms with Gasteiger partial charge in [0.05, 0.1) is 0 Å². The molecule has 1 fully saturated rings. The summed E-state index contributed by atoms with van der Waals surface area (Å²) in [7, 11) is 0. The van der Waals surface area contributed by atoms with Gasteiger partial charge in [-0.3, -0.25) is 0 Å². The van der Waals surface area contributed by atoms with E-state index in [0.29, 0.717) is 0 Å². The Kier molecular flexibility index (Phi) is 4.62. The predicted octanol–water partition coefficient (Wildman–Crippen LogP) is 1.52. The van der Waals surface area contributed by atoms with Gasteiger partial charge in [-0.15, -0.1) is 0 Å². The zero-order chi connectivity index (χ0) is 8.81. The summed E-state index contributed by atoms with van der Waals surface area (Å²) in [6, 6.07) is 1.59. The van der Waals surface area contributed by atoms with Gasteiger partial charge in [-0.25, -0.2) is 0 Å². The molecule has 2 nitrogen and oxygen atoms in total. The van der Waals surface area contributed by atoms with Gasteiger partial charge >= 0.3 is 0 Å². The van der Waals surface area contributed by atoms with E-state index in [0.717, 1.165) is 25.2 Å². The first-order valence-electron chi connectivity index (χ1n) is 5.33. The molecule has 0 atom stereocenters. The fraction of sp³-hybridized carbons (Fsp3) is 1.00. The van der Waals surface area contributed by atoms with Gasteiger partial charge in [-0.2, -0.15) is 0 Å². The number of nitrogens with one attached hydrogen (secondary N) is 2. The highest BCUT2D eigenvalue weighted by Gasteiger charge is 2.18. The summed E-state index contributed by atoms with van der Waals surface area (Å²) >= 11 is 0. The molecular formula is C10H22N2. The minimum atomic E-state index is 0.796. The molecule has 0 aromatic carbocycles. The first-order chi connectivity index (χ1) is 5.86. The van der Waals surface area contributed by atoms with Crippen molar-refractivity contribution in [3.05, 3.63) is 0 Å². The largest absolute Gasteiger partial charge is 0.314 e. The summed E-state index contributed by atoms with van der Waals surface area (Å²) in [5, 5.41) is 7.04. The third kappa shape index (κ3) is 3.11. The maximum atomic E-state index is 3.52. The summed E-state index contributed by atoms with van der Waals surface area (Å²) < 4.78 is 0. The van der Waals surface area contributed by atoms with Crippen molar-refractivity contribution in [3.63, 3.8) is 0 Å². The van der Waals surface area contributed by atoms with E-state index < -0.39 is 0 Å². The fourth-order valence-electron chi connectivity index (χ4n) is 2.08. The van der Waals surface area contributed by atoms with Gasteiger partial charge < -0.3 is 10.6 Å². The lowest BCUT2D eigenvalue weighted by Crippen LogP contribution is -2.39. The van der Waals surface area contributed by atoms with Gasteiger partial charge in [0, 0.05) is 12.1 Å². The Bertz CT molecular complexity index is 92.4. The summed E-state index contributed by atoms with van der Waals surface area (Å²) in [4.78, 5) is 0. The normalized spacial score (nSPS) is 30.5. The Balaban J connectivity index is 2.11. The van der Waals surface area contributed by atoms with Crippen LogP contribution in [0.5, 0.6) is 0 Å². The summed E-state index contributed by atoms with van der Waals surface area (Å²) in [5.41, 5.74) is 0. The van der Waals surface area contributed by atoms with Crippen LogP contribution in [0.4, 0.5) is 0 Å². The first-order valence-corrected chi connectivity index (χ1v) is 5.33. The lowest BCUT2D eigenvalue weighted by molar-refractivity contribution is 0.314. The zero-order valence-corrected chi connectivity index (χ0v) is 8.40. The Morgan fingerprint density at radius 1 is 0.833 bits per heavy atom. The molecule has 1 aliphatic carbocycles. The van der Waals surface area contributed by atoms with Gasteiger partial charge in [0.1, 0.15) is 0 Å². The average molecular weight is 170 g/mol. The molecule has 1 saturated carbocycles. The van der Waals surface area contributed by atoms with Crippen molar-refractivity contribution < 1.29 is 0 Å². The second kappa shape index (κ2) is 5.55. The Hall–Kier alpha value is -0.0800. The highest BCUT2D eigenvalue weighted by atomic mass is 14.9. The maximum Gasteiger partial charge on any atom is 0.00681 e. The lowest BCUT2D eigenvalue weighted by Gasteiger charge is -2.29. The van der Waals surface area contributed by atoms with Crippen molar-refractivity contribution in [2.45, 2.75) is 51.6 Å². The molecule has 0 aromatic heterocycles. The Morgan fingerprint density at radius 3 is 1.42 bits per heavy atom. The quantitative estimate of drug-likeness (QED) is 0.668. The Morgan fingerprint density at radius 2 is 1.17 bits per heavy atom. The average Bonchev–Trinajstić information content (AvgIpc) is 2.09. The van der Waals surface area contributed by atoms with E-state index in [4.69, 9.17) is 0 Å². The van der Waals surface area contributed by atoms with E-state index >= 15 is 0 Å². The molecule has 0 amide bonds. The van der Waals surface area contributed by atoms with Crippen LogP contribution in [0.25, 0.3) is 0 Å². The molecule has 0 aliphatic heterocycles. The molecule has 0 saturated heterocycles. The molecule has 0 heterocycles. The molecule has 0 spiro atoms. The molecule has 0 radical (unpaired) electrons. The minimum Gasteiger partial charge on any atom is -0.314 e. The zero-order valence-electron chi connectivity index (χ0n) is 8.40. The fourth-order valence-corrected chi connectivity index (χ4v) is 2.08. The molecule has 2 heteroatoms. The van der Waals surface area contributed by atoms with Gasteiger partial charge in [0.25, 0.3) is 0 Å². The van der Waals surface area contributed by atoms with Crippen LogP contribution < -0.4 is 10.6 Å². The summed E-state index contributed by atoms with van der Waals surface area (Å²) in [6.45, 7) is 6.62. The second-order valence-corrected chi connectivity index (χ2v) is 3.66. The predicted molar refractivity (Wildman–Crippen MR) is 53.4 cm³/mol. The van der Waals surface area contributed by atoms with Crippen molar-refractivity contribution in [2.75, 3.05) is 13.1 Å². The van der Waals surface area contributed by atoms with Gasteiger partial charge in [0.15, 0.2) is 0 Å². The van der Waals surface area contributed by atoms with Crippen molar-refractivity contribution in [1.82, 2.24) is 10.6 Å². The standard InChI is InChI=1S/C10H22N2/c1-3-11-9-5-7-10(8-6-9)12-4-2/h9-12H,3-8H2,1-2H3. The van der Waals surface area contributed by atoms with Gasteiger partial charge in [-0.1, -0.05) is 13.8 Å². The van der Waals surface area contributed by atoms with Crippen LogP contribution in [0.1, 0.15) is 39.5 Å².